The van der Waals surface area contributed by atoms with Gasteiger partial charge in [0.05, 0.1) is 19.3 Å². The van der Waals surface area contributed by atoms with Crippen LogP contribution in [0.5, 0.6) is 0 Å². The topological polar surface area (TPSA) is 70.6 Å². The number of carbonyl (C=O) groups excluding carboxylic acids is 1. The molecule has 0 spiro atoms. The predicted molar refractivity (Wildman–Crippen MR) is 54.2 cm³/mol. The van der Waals surface area contributed by atoms with E-state index in [9.17, 15) is 4.79 Å². The van der Waals surface area contributed by atoms with E-state index in [4.69, 9.17) is 9.84 Å². The Labute approximate surface area is 84.8 Å². The van der Waals surface area contributed by atoms with E-state index in [0.29, 0.717) is 6.61 Å². The third kappa shape index (κ3) is 6.68. The van der Waals surface area contributed by atoms with E-state index in [2.05, 4.69) is 10.6 Å². The lowest BCUT2D eigenvalue weighted by molar-refractivity contribution is 0.129. The maximum atomic E-state index is 11.3. The Morgan fingerprint density at radius 1 is 1.50 bits per heavy atom. The summed E-state index contributed by atoms with van der Waals surface area (Å²) in [5, 5.41) is 14.2. The molecule has 14 heavy (non-hydrogen) atoms. The van der Waals surface area contributed by atoms with E-state index < -0.39 is 0 Å². The molecule has 0 heterocycles. The Balaban J connectivity index is 3.91. The molecule has 0 aliphatic heterocycles. The molecule has 2 amide bonds. The molecule has 3 N–H and O–H groups in total. The first-order chi connectivity index (χ1) is 6.39. The third-order valence-corrected chi connectivity index (χ3v) is 1.41. The lowest BCUT2D eigenvalue weighted by atomic mass is 10.1. The van der Waals surface area contributed by atoms with Crippen LogP contribution in [0, 0.1) is 0 Å². The van der Waals surface area contributed by atoms with Crippen LogP contribution in [0.2, 0.25) is 0 Å². The van der Waals surface area contributed by atoms with Gasteiger partial charge in [-0.2, -0.15) is 0 Å². The molecule has 0 bridgehead atoms. The highest BCUT2D eigenvalue weighted by molar-refractivity contribution is 5.74. The summed E-state index contributed by atoms with van der Waals surface area (Å²) < 4.78 is 4.82. The summed E-state index contributed by atoms with van der Waals surface area (Å²) >= 11 is 0. The lowest BCUT2D eigenvalue weighted by Gasteiger charge is -2.23. The third-order valence-electron chi connectivity index (χ3n) is 1.41. The number of carbonyl (C=O) groups is 1. The molecule has 0 radical (unpaired) electrons. The largest absolute Gasteiger partial charge is 0.394 e. The first kappa shape index (κ1) is 13.2. The van der Waals surface area contributed by atoms with Crippen molar-refractivity contribution in [2.45, 2.75) is 32.4 Å². The molecule has 0 rings (SSSR count). The number of aliphatic hydroxyl groups excluding tert-OH is 1. The lowest BCUT2D eigenvalue weighted by Crippen LogP contribution is -2.51. The van der Waals surface area contributed by atoms with Crippen molar-refractivity contribution in [1.82, 2.24) is 10.6 Å². The number of methoxy groups -OCH3 is 1. The van der Waals surface area contributed by atoms with Crippen LogP contribution in [0.1, 0.15) is 20.8 Å². The van der Waals surface area contributed by atoms with E-state index in [1.165, 1.54) is 7.11 Å². The molecule has 5 nitrogen and oxygen atoms in total. The zero-order valence-corrected chi connectivity index (χ0v) is 9.26. The fraction of sp³-hybridized carbons (Fsp3) is 0.889. The number of hydrogen-bond donors (Lipinski definition) is 3. The molecule has 0 aliphatic carbocycles. The highest BCUT2D eigenvalue weighted by Crippen LogP contribution is 1.97. The van der Waals surface area contributed by atoms with Gasteiger partial charge in [-0.25, -0.2) is 4.79 Å². The average molecular weight is 204 g/mol. The van der Waals surface area contributed by atoms with Crippen LogP contribution in [0.25, 0.3) is 0 Å². The molecule has 0 saturated heterocycles. The standard InChI is InChI=1S/C9H20N2O3/c1-9(2,3)11-8(13)10-7(5-12)6-14-4/h7,12H,5-6H2,1-4H3,(H2,10,11,13). The number of ether oxygens (including phenoxy) is 1. The van der Waals surface area contributed by atoms with Crippen LogP contribution in [0.15, 0.2) is 0 Å². The monoisotopic (exact) mass is 204 g/mol. The Morgan fingerprint density at radius 3 is 2.43 bits per heavy atom. The van der Waals surface area contributed by atoms with Crippen molar-refractivity contribution in [3.63, 3.8) is 0 Å². The van der Waals surface area contributed by atoms with Gasteiger partial charge in [-0.05, 0) is 20.8 Å². The Hall–Kier alpha value is -0.810. The average Bonchev–Trinajstić information content (AvgIpc) is 2.00. The molecule has 5 heteroatoms. The van der Waals surface area contributed by atoms with Gasteiger partial charge >= 0.3 is 6.03 Å². The van der Waals surface area contributed by atoms with Crippen LogP contribution in [0.3, 0.4) is 0 Å². The minimum atomic E-state index is -0.359. The summed E-state index contributed by atoms with van der Waals surface area (Å²) in [7, 11) is 1.52. The van der Waals surface area contributed by atoms with Gasteiger partial charge in [0, 0.05) is 12.6 Å². The van der Waals surface area contributed by atoms with E-state index in [-0.39, 0.29) is 24.2 Å². The van der Waals surface area contributed by atoms with Crippen LogP contribution in [-0.4, -0.2) is 43.0 Å². The summed E-state index contributed by atoms with van der Waals surface area (Å²) in [6, 6.07) is -0.657. The Bertz CT molecular complexity index is 177. The molecule has 0 aromatic heterocycles. The van der Waals surface area contributed by atoms with E-state index in [1.54, 1.807) is 0 Å². The van der Waals surface area contributed by atoms with E-state index in [1.807, 2.05) is 20.8 Å². The van der Waals surface area contributed by atoms with Gasteiger partial charge in [0.2, 0.25) is 0 Å². The molecular formula is C9H20N2O3. The summed E-state index contributed by atoms with van der Waals surface area (Å²) in [6.07, 6.45) is 0. The highest BCUT2D eigenvalue weighted by atomic mass is 16.5. The minimum Gasteiger partial charge on any atom is -0.394 e. The maximum absolute atomic E-state index is 11.3. The Morgan fingerprint density at radius 2 is 2.07 bits per heavy atom. The summed E-state index contributed by atoms with van der Waals surface area (Å²) in [4.78, 5) is 11.3. The number of rotatable bonds is 4. The molecule has 1 unspecified atom stereocenters. The van der Waals surface area contributed by atoms with Crippen LogP contribution in [0.4, 0.5) is 4.79 Å². The Kier molecular flexibility index (Phi) is 5.49. The molecule has 84 valence electrons. The molecule has 0 aromatic rings. The number of hydrogen-bond acceptors (Lipinski definition) is 3. The molecule has 0 saturated carbocycles. The van der Waals surface area contributed by atoms with Crippen molar-refractivity contribution in [1.29, 1.82) is 0 Å². The van der Waals surface area contributed by atoms with Crippen molar-refractivity contribution >= 4 is 6.03 Å². The van der Waals surface area contributed by atoms with Gasteiger partial charge in [-0.1, -0.05) is 0 Å². The predicted octanol–water partition coefficient (Wildman–Crippen LogP) is 0.0914. The van der Waals surface area contributed by atoms with Crippen molar-refractivity contribution in [2.75, 3.05) is 20.3 Å². The second-order valence-corrected chi connectivity index (χ2v) is 4.18. The highest BCUT2D eigenvalue weighted by Gasteiger charge is 2.16. The summed E-state index contributed by atoms with van der Waals surface area (Å²) in [5.74, 6) is 0. The van der Waals surface area contributed by atoms with E-state index in [0.717, 1.165) is 0 Å². The van der Waals surface area contributed by atoms with Crippen molar-refractivity contribution < 1.29 is 14.6 Å². The second-order valence-electron chi connectivity index (χ2n) is 4.18. The fourth-order valence-electron chi connectivity index (χ4n) is 0.903. The van der Waals surface area contributed by atoms with Crippen molar-refractivity contribution in [2.24, 2.45) is 0 Å². The van der Waals surface area contributed by atoms with Crippen molar-refractivity contribution in [3.05, 3.63) is 0 Å². The number of amides is 2. The smallest absolute Gasteiger partial charge is 0.315 e. The molecule has 0 fully saturated rings. The van der Waals surface area contributed by atoms with Crippen molar-refractivity contribution in [3.8, 4) is 0 Å². The van der Waals surface area contributed by atoms with Crippen LogP contribution in [-0.2, 0) is 4.74 Å². The van der Waals surface area contributed by atoms with Crippen LogP contribution < -0.4 is 10.6 Å². The van der Waals surface area contributed by atoms with E-state index >= 15 is 0 Å². The van der Waals surface area contributed by atoms with Gasteiger partial charge in [0.25, 0.3) is 0 Å². The molecule has 0 aromatic carbocycles. The second kappa shape index (κ2) is 5.82. The zero-order valence-electron chi connectivity index (χ0n) is 9.26. The number of aliphatic hydroxyl groups is 1. The normalized spacial score (nSPS) is 13.5. The first-order valence-corrected chi connectivity index (χ1v) is 4.57. The van der Waals surface area contributed by atoms with Gasteiger partial charge in [-0.15, -0.1) is 0 Å². The van der Waals surface area contributed by atoms with Gasteiger partial charge in [0.15, 0.2) is 0 Å². The molecule has 0 aliphatic rings. The van der Waals surface area contributed by atoms with Gasteiger partial charge < -0.3 is 20.5 Å². The fourth-order valence-corrected chi connectivity index (χ4v) is 0.903. The molecule has 1 atom stereocenters. The summed E-state index contributed by atoms with van der Waals surface area (Å²) in [6.45, 7) is 5.82. The van der Waals surface area contributed by atoms with Gasteiger partial charge in [0.1, 0.15) is 0 Å². The SMILES string of the molecule is COCC(CO)NC(=O)NC(C)(C)C. The molecular weight excluding hydrogens is 184 g/mol. The van der Waals surface area contributed by atoms with Gasteiger partial charge in [-0.3, -0.25) is 0 Å². The first-order valence-electron chi connectivity index (χ1n) is 4.57. The zero-order chi connectivity index (χ0) is 11.2. The maximum Gasteiger partial charge on any atom is 0.315 e. The minimum absolute atomic E-state index is 0.134. The van der Waals surface area contributed by atoms with Crippen LogP contribution >= 0.6 is 0 Å². The summed E-state index contributed by atoms with van der Waals surface area (Å²) in [5.41, 5.74) is -0.281. The number of urea groups is 1. The number of nitrogens with one attached hydrogen (secondary N) is 2. The quantitative estimate of drug-likeness (QED) is 0.608.